The zero-order valence-electron chi connectivity index (χ0n) is 32.9. The Balaban J connectivity index is -0.000000593. The highest BCUT2D eigenvalue weighted by Crippen LogP contribution is 2.38. The zero-order chi connectivity index (χ0) is 36.7. The summed E-state index contributed by atoms with van der Waals surface area (Å²) in [7, 11) is -2.27. The number of hydrogen-bond donors (Lipinski definition) is 0. The number of carbonyl (C=O) groups is 3. The minimum absolute atomic E-state index is 0.0223. The van der Waals surface area contributed by atoms with Gasteiger partial charge in [-0.3, -0.25) is 4.79 Å². The molecule has 0 rings (SSSR count). The molecule has 11 heteroatoms. The number of hydrogen-bond acceptors (Lipinski definition) is 8. The first kappa shape index (κ1) is 48.3. The molecule has 0 heterocycles. The topological polar surface area (TPSA) is 97.4 Å². The Labute approximate surface area is 281 Å². The largest absolute Gasteiger partial charge is 0.469 e. The SMILES string of the molecule is COC(=O)/C=C/[C@@H](C)CO[Si](C)(C)C(C)(C)C.COC(=O)[C@@H](C)CO[Si](C)(C)C(C)(C)C.C[C@H](C=O)CO[Si](C)(C)C(C)(C)C. The van der Waals surface area contributed by atoms with Gasteiger partial charge in [-0.2, -0.15) is 0 Å². The van der Waals surface area contributed by atoms with Gasteiger partial charge in [0.25, 0.3) is 0 Å². The fourth-order valence-corrected chi connectivity index (χ4v) is 5.66. The fraction of sp³-hybridized carbons (Fsp3) is 0.853. The van der Waals surface area contributed by atoms with Gasteiger partial charge in [-0.1, -0.05) is 82.2 Å². The van der Waals surface area contributed by atoms with Crippen LogP contribution in [0.5, 0.6) is 0 Å². The molecule has 0 aromatic carbocycles. The van der Waals surface area contributed by atoms with Crippen molar-refractivity contribution in [2.24, 2.45) is 17.8 Å². The van der Waals surface area contributed by atoms with Crippen LogP contribution >= 0.6 is 0 Å². The molecule has 0 bridgehead atoms. The van der Waals surface area contributed by atoms with Gasteiger partial charge in [0.05, 0.1) is 20.1 Å². The lowest BCUT2D eigenvalue weighted by molar-refractivity contribution is -0.145. The summed E-state index contributed by atoms with van der Waals surface area (Å²) in [5, 5.41) is 0.636. The second-order valence-electron chi connectivity index (χ2n) is 16.6. The maximum atomic E-state index is 11.2. The highest BCUT2D eigenvalue weighted by Gasteiger charge is 2.39. The van der Waals surface area contributed by atoms with E-state index in [0.29, 0.717) is 19.8 Å². The van der Waals surface area contributed by atoms with Crippen LogP contribution in [0.1, 0.15) is 83.1 Å². The van der Waals surface area contributed by atoms with Gasteiger partial charge in [0.1, 0.15) is 6.29 Å². The molecule has 3 atom stereocenters. The molecule has 0 unspecified atom stereocenters. The third kappa shape index (κ3) is 20.7. The van der Waals surface area contributed by atoms with Crippen LogP contribution < -0.4 is 0 Å². The molecule has 268 valence electrons. The lowest BCUT2D eigenvalue weighted by Gasteiger charge is -2.36. The van der Waals surface area contributed by atoms with E-state index in [2.05, 4.69) is 111 Å². The maximum Gasteiger partial charge on any atom is 0.330 e. The molecular formula is C34H72O8Si3. The first-order valence-corrected chi connectivity index (χ1v) is 24.9. The average molecular weight is 693 g/mol. The molecule has 0 aliphatic heterocycles. The normalized spacial score (nSPS) is 15.1. The molecule has 0 amide bonds. The van der Waals surface area contributed by atoms with Crippen LogP contribution in [-0.4, -0.2) is 77.2 Å². The Bertz CT molecular complexity index is 895. The molecule has 0 radical (unpaired) electrons. The Kier molecular flexibility index (Phi) is 21.8. The van der Waals surface area contributed by atoms with E-state index in [0.717, 1.165) is 6.29 Å². The summed E-state index contributed by atoms with van der Waals surface area (Å²) in [5.74, 6) is -0.445. The van der Waals surface area contributed by atoms with Crippen LogP contribution in [0.3, 0.4) is 0 Å². The molecule has 0 N–H and O–H groups in total. The molecule has 45 heavy (non-hydrogen) atoms. The van der Waals surface area contributed by atoms with Crippen molar-refractivity contribution in [2.75, 3.05) is 34.0 Å². The number of ether oxygens (including phenoxy) is 2. The first-order chi connectivity index (χ1) is 19.9. The lowest BCUT2D eigenvalue weighted by Crippen LogP contribution is -2.42. The van der Waals surface area contributed by atoms with E-state index in [-0.39, 0.29) is 44.8 Å². The van der Waals surface area contributed by atoms with Crippen molar-refractivity contribution < 1.29 is 37.1 Å². The number of aldehydes is 1. The average Bonchev–Trinajstić information content (AvgIpc) is 2.90. The fourth-order valence-electron chi connectivity index (χ4n) is 2.34. The summed E-state index contributed by atoms with van der Waals surface area (Å²) in [4.78, 5) is 32.5. The predicted octanol–water partition coefficient (Wildman–Crippen LogP) is 9.03. The maximum absolute atomic E-state index is 11.2. The van der Waals surface area contributed by atoms with E-state index in [1.807, 2.05) is 26.8 Å². The van der Waals surface area contributed by atoms with Crippen molar-refractivity contribution in [1.82, 2.24) is 0 Å². The molecule has 0 aliphatic carbocycles. The van der Waals surface area contributed by atoms with Crippen LogP contribution in [0, 0.1) is 17.8 Å². The first-order valence-electron chi connectivity index (χ1n) is 16.1. The van der Waals surface area contributed by atoms with Gasteiger partial charge in [0.2, 0.25) is 0 Å². The van der Waals surface area contributed by atoms with Gasteiger partial charge in [-0.25, -0.2) is 4.79 Å². The molecule has 0 aliphatic rings. The Morgan fingerprint density at radius 1 is 0.600 bits per heavy atom. The van der Waals surface area contributed by atoms with Crippen molar-refractivity contribution in [2.45, 2.75) is 137 Å². The molecule has 0 aromatic rings. The van der Waals surface area contributed by atoms with Crippen molar-refractivity contribution in [3.63, 3.8) is 0 Å². The van der Waals surface area contributed by atoms with Gasteiger partial charge in [0.15, 0.2) is 25.0 Å². The van der Waals surface area contributed by atoms with Crippen molar-refractivity contribution in [3.8, 4) is 0 Å². The van der Waals surface area contributed by atoms with E-state index in [4.69, 9.17) is 13.3 Å². The van der Waals surface area contributed by atoms with Crippen LogP contribution in [0.15, 0.2) is 12.2 Å². The molecule has 0 spiro atoms. The van der Waals surface area contributed by atoms with Gasteiger partial charge in [0, 0.05) is 31.8 Å². The highest BCUT2D eigenvalue weighted by molar-refractivity contribution is 6.74. The number of rotatable bonds is 13. The molecular weight excluding hydrogens is 621 g/mol. The third-order valence-corrected chi connectivity index (χ3v) is 22.6. The van der Waals surface area contributed by atoms with Gasteiger partial charge in [-0.05, 0) is 67.2 Å². The Hall–Kier alpha value is -1.12. The van der Waals surface area contributed by atoms with E-state index in [9.17, 15) is 14.4 Å². The van der Waals surface area contributed by atoms with Crippen LogP contribution in [-0.2, 0) is 37.1 Å². The number of esters is 2. The highest BCUT2D eigenvalue weighted by atomic mass is 28.4. The second-order valence-corrected chi connectivity index (χ2v) is 31.0. The summed E-state index contributed by atoms with van der Waals surface area (Å²) in [6.07, 6.45) is 4.24. The van der Waals surface area contributed by atoms with Crippen LogP contribution in [0.4, 0.5) is 0 Å². The van der Waals surface area contributed by atoms with Crippen molar-refractivity contribution >= 4 is 43.2 Å². The van der Waals surface area contributed by atoms with Crippen molar-refractivity contribution in [1.29, 1.82) is 0 Å². The Morgan fingerprint density at radius 2 is 0.933 bits per heavy atom. The lowest BCUT2D eigenvalue weighted by atomic mass is 10.2. The van der Waals surface area contributed by atoms with E-state index in [1.54, 1.807) is 0 Å². The van der Waals surface area contributed by atoms with E-state index < -0.39 is 25.0 Å². The van der Waals surface area contributed by atoms with Gasteiger partial charge < -0.3 is 27.5 Å². The minimum atomic E-state index is -1.73. The van der Waals surface area contributed by atoms with Gasteiger partial charge >= 0.3 is 11.9 Å². The molecule has 0 aromatic heterocycles. The monoisotopic (exact) mass is 692 g/mol. The van der Waals surface area contributed by atoms with Crippen molar-refractivity contribution in [3.05, 3.63) is 12.2 Å². The second kappa shape index (κ2) is 20.3. The molecule has 0 saturated carbocycles. The zero-order valence-corrected chi connectivity index (χ0v) is 35.9. The smallest absolute Gasteiger partial charge is 0.330 e. The van der Waals surface area contributed by atoms with Crippen LogP contribution in [0.25, 0.3) is 0 Å². The molecule has 0 fully saturated rings. The number of carbonyl (C=O) groups excluding carboxylic acids is 3. The van der Waals surface area contributed by atoms with Gasteiger partial charge in [-0.15, -0.1) is 0 Å². The minimum Gasteiger partial charge on any atom is -0.469 e. The van der Waals surface area contributed by atoms with E-state index >= 15 is 0 Å². The molecule has 8 nitrogen and oxygen atoms in total. The molecule has 0 saturated heterocycles. The summed E-state index contributed by atoms with van der Waals surface area (Å²) >= 11 is 0. The standard InChI is InChI=1S/C13H26O3Si.C11H24O3Si.C10H22O2Si/c1-11(8-9-12(14)15-5)10-16-17(6,7)13(2,3)4;1-9(10(12)13-5)8-14-15(6,7)11(2,3)4;1-9(7-11)8-12-13(5,6)10(2,3)4/h8-9,11H,10H2,1-7H3;9H,8H2,1-7H3;7,9H,8H2,1-6H3/b9-8+;;/t11-;2*9-/m101/s1. The summed E-state index contributed by atoms with van der Waals surface area (Å²) in [6.45, 7) is 40.4. The quantitative estimate of drug-likeness (QED) is 0.0817. The Morgan fingerprint density at radius 3 is 1.22 bits per heavy atom. The summed E-state index contributed by atoms with van der Waals surface area (Å²) in [6, 6.07) is 0. The predicted molar refractivity (Wildman–Crippen MR) is 196 cm³/mol. The third-order valence-electron chi connectivity index (χ3n) is 9.12. The van der Waals surface area contributed by atoms with E-state index in [1.165, 1.54) is 20.3 Å². The van der Waals surface area contributed by atoms with Crippen LogP contribution in [0.2, 0.25) is 54.4 Å². The number of methoxy groups -OCH3 is 2. The summed E-state index contributed by atoms with van der Waals surface area (Å²) in [5.41, 5.74) is 0. The summed E-state index contributed by atoms with van der Waals surface area (Å²) < 4.78 is 27.0.